The summed E-state index contributed by atoms with van der Waals surface area (Å²) in [5.74, 6) is 1.60. The molecular formula is C18H24NO. The second kappa shape index (κ2) is 6.45. The molecule has 1 heterocycles. The van der Waals surface area contributed by atoms with Crippen molar-refractivity contribution in [3.05, 3.63) is 42.8 Å². The molecule has 0 amide bonds. The predicted molar refractivity (Wildman–Crippen MR) is 83.6 cm³/mol. The molecule has 1 unspecified atom stereocenters. The topological polar surface area (TPSA) is 21.3 Å². The van der Waals surface area contributed by atoms with Gasteiger partial charge in [-0.25, -0.2) is 0 Å². The third kappa shape index (κ3) is 3.43. The van der Waals surface area contributed by atoms with Crippen LogP contribution in [0.3, 0.4) is 0 Å². The second-order valence-electron chi connectivity index (χ2n) is 5.96. The highest BCUT2D eigenvalue weighted by molar-refractivity contribution is 5.66. The Morgan fingerprint density at radius 2 is 1.80 bits per heavy atom. The van der Waals surface area contributed by atoms with Crippen molar-refractivity contribution in [3.63, 3.8) is 0 Å². The van der Waals surface area contributed by atoms with Crippen LogP contribution >= 0.6 is 0 Å². The van der Waals surface area contributed by atoms with Crippen LogP contribution < -0.4 is 10.1 Å². The van der Waals surface area contributed by atoms with Crippen molar-refractivity contribution < 1.29 is 4.74 Å². The first-order valence-electron chi connectivity index (χ1n) is 7.81. The van der Waals surface area contributed by atoms with Gasteiger partial charge < -0.3 is 10.1 Å². The summed E-state index contributed by atoms with van der Waals surface area (Å²) in [7, 11) is 0. The van der Waals surface area contributed by atoms with Crippen LogP contribution in [0, 0.1) is 12.8 Å². The lowest BCUT2D eigenvalue weighted by atomic mass is 9.88. The van der Waals surface area contributed by atoms with Gasteiger partial charge >= 0.3 is 0 Å². The summed E-state index contributed by atoms with van der Waals surface area (Å²) in [5, 5.41) is 3.36. The number of ether oxygens (including phenoxy) is 1. The van der Waals surface area contributed by atoms with E-state index in [-0.39, 0.29) is 0 Å². The van der Waals surface area contributed by atoms with Gasteiger partial charge in [0.2, 0.25) is 0 Å². The molecule has 2 aliphatic rings. The smallest absolute Gasteiger partial charge is 0.119 e. The van der Waals surface area contributed by atoms with E-state index in [1.54, 1.807) is 0 Å². The Bertz CT molecular complexity index is 457. The van der Waals surface area contributed by atoms with Crippen LogP contribution in [0.5, 0.6) is 5.75 Å². The van der Waals surface area contributed by atoms with E-state index in [1.807, 2.05) is 0 Å². The highest BCUT2D eigenvalue weighted by Crippen LogP contribution is 2.30. The van der Waals surface area contributed by atoms with E-state index in [2.05, 4.69) is 42.6 Å². The molecule has 1 aromatic rings. The highest BCUT2D eigenvalue weighted by Gasteiger charge is 2.15. The molecule has 1 N–H and O–H groups in total. The fourth-order valence-electron chi connectivity index (χ4n) is 3.00. The molecule has 0 spiro atoms. The third-order valence-electron chi connectivity index (χ3n) is 4.33. The van der Waals surface area contributed by atoms with Gasteiger partial charge in [0.15, 0.2) is 0 Å². The standard InChI is InChI=1S/C18H24NO/c1-14-2-4-15(5-3-14)16-6-8-17(9-7-16)20-18-10-12-19-13-11-18/h4,6-9,14,18-19H,1-3,5,10-13H2. The van der Waals surface area contributed by atoms with Crippen molar-refractivity contribution in [3.8, 4) is 5.75 Å². The quantitative estimate of drug-likeness (QED) is 0.901. The molecule has 3 rings (SSSR count). The number of rotatable bonds is 3. The zero-order valence-electron chi connectivity index (χ0n) is 12.1. The van der Waals surface area contributed by atoms with Crippen molar-refractivity contribution in [2.75, 3.05) is 13.1 Å². The molecule has 1 aliphatic carbocycles. The Kier molecular flexibility index (Phi) is 4.41. The molecule has 20 heavy (non-hydrogen) atoms. The maximum Gasteiger partial charge on any atom is 0.119 e. The van der Waals surface area contributed by atoms with E-state index in [0.29, 0.717) is 12.0 Å². The minimum absolute atomic E-state index is 0.378. The van der Waals surface area contributed by atoms with E-state index >= 15 is 0 Å². The van der Waals surface area contributed by atoms with Gasteiger partial charge in [-0.2, -0.15) is 0 Å². The Morgan fingerprint density at radius 3 is 2.45 bits per heavy atom. The number of allylic oxidation sites excluding steroid dienone is 2. The zero-order chi connectivity index (χ0) is 13.8. The van der Waals surface area contributed by atoms with Crippen LogP contribution in [-0.2, 0) is 0 Å². The Morgan fingerprint density at radius 1 is 1.05 bits per heavy atom. The molecule has 1 radical (unpaired) electrons. The van der Waals surface area contributed by atoms with Crippen LogP contribution in [-0.4, -0.2) is 19.2 Å². The summed E-state index contributed by atoms with van der Waals surface area (Å²) in [5.41, 5.74) is 2.81. The average Bonchev–Trinajstić information content (AvgIpc) is 2.50. The lowest BCUT2D eigenvalue weighted by molar-refractivity contribution is 0.162. The highest BCUT2D eigenvalue weighted by atomic mass is 16.5. The maximum absolute atomic E-state index is 6.05. The Hall–Kier alpha value is -1.28. The number of piperidine rings is 1. The fourth-order valence-corrected chi connectivity index (χ4v) is 3.00. The third-order valence-corrected chi connectivity index (χ3v) is 4.33. The lowest BCUT2D eigenvalue weighted by Crippen LogP contribution is -2.34. The average molecular weight is 270 g/mol. The van der Waals surface area contributed by atoms with Gasteiger partial charge in [0.1, 0.15) is 11.9 Å². The summed E-state index contributed by atoms with van der Waals surface area (Å²) >= 11 is 0. The van der Waals surface area contributed by atoms with E-state index in [1.165, 1.54) is 17.6 Å². The van der Waals surface area contributed by atoms with Gasteiger partial charge in [0.25, 0.3) is 0 Å². The van der Waals surface area contributed by atoms with E-state index < -0.39 is 0 Å². The van der Waals surface area contributed by atoms with Crippen LogP contribution in [0.1, 0.15) is 37.7 Å². The largest absolute Gasteiger partial charge is 0.490 e. The van der Waals surface area contributed by atoms with Crippen molar-refractivity contribution in [2.45, 2.75) is 38.2 Å². The summed E-state index contributed by atoms with van der Waals surface area (Å²) < 4.78 is 6.05. The Labute approximate surface area is 122 Å². The lowest BCUT2D eigenvalue weighted by Gasteiger charge is -2.24. The number of benzene rings is 1. The Balaban J connectivity index is 1.62. The van der Waals surface area contributed by atoms with Crippen LogP contribution in [0.15, 0.2) is 30.3 Å². The van der Waals surface area contributed by atoms with E-state index in [9.17, 15) is 0 Å². The molecule has 0 aromatic heterocycles. The van der Waals surface area contributed by atoms with Crippen molar-refractivity contribution >= 4 is 5.57 Å². The maximum atomic E-state index is 6.05. The molecule has 107 valence electrons. The molecule has 1 aliphatic heterocycles. The fraction of sp³-hybridized carbons (Fsp3) is 0.500. The van der Waals surface area contributed by atoms with E-state index in [0.717, 1.165) is 44.5 Å². The van der Waals surface area contributed by atoms with Crippen LogP contribution in [0.25, 0.3) is 5.57 Å². The van der Waals surface area contributed by atoms with Crippen LogP contribution in [0.2, 0.25) is 0 Å². The molecule has 0 saturated carbocycles. The number of hydrogen-bond donors (Lipinski definition) is 1. The minimum Gasteiger partial charge on any atom is -0.490 e. The van der Waals surface area contributed by atoms with Gasteiger partial charge in [-0.3, -0.25) is 0 Å². The van der Waals surface area contributed by atoms with Crippen LogP contribution in [0.4, 0.5) is 0 Å². The molecule has 1 saturated heterocycles. The van der Waals surface area contributed by atoms with Gasteiger partial charge in [0, 0.05) is 0 Å². The number of hydrogen-bond acceptors (Lipinski definition) is 2. The zero-order valence-corrected chi connectivity index (χ0v) is 12.1. The van der Waals surface area contributed by atoms with Gasteiger partial charge in [-0.15, -0.1) is 0 Å². The van der Waals surface area contributed by atoms with Gasteiger partial charge in [-0.1, -0.05) is 18.2 Å². The molecule has 2 nitrogen and oxygen atoms in total. The second-order valence-corrected chi connectivity index (χ2v) is 5.96. The number of nitrogens with one attached hydrogen (secondary N) is 1. The van der Waals surface area contributed by atoms with Crippen molar-refractivity contribution in [1.29, 1.82) is 0 Å². The molecule has 1 fully saturated rings. The predicted octanol–water partition coefficient (Wildman–Crippen LogP) is 3.83. The molecule has 0 bridgehead atoms. The summed E-state index contributed by atoms with van der Waals surface area (Å²) in [4.78, 5) is 0. The minimum atomic E-state index is 0.378. The van der Waals surface area contributed by atoms with Crippen molar-refractivity contribution in [1.82, 2.24) is 5.32 Å². The molecule has 1 atom stereocenters. The van der Waals surface area contributed by atoms with Crippen molar-refractivity contribution in [2.24, 2.45) is 5.92 Å². The SMILES string of the molecule is [CH2]C1CC=C(c2ccc(OC3CCNCC3)cc2)CC1. The first-order chi connectivity index (χ1) is 9.81. The molecular weight excluding hydrogens is 246 g/mol. The van der Waals surface area contributed by atoms with Gasteiger partial charge in [0.05, 0.1) is 0 Å². The summed E-state index contributed by atoms with van der Waals surface area (Å²) in [6.45, 7) is 6.28. The summed E-state index contributed by atoms with van der Waals surface area (Å²) in [6, 6.07) is 8.64. The molecule has 1 aromatic carbocycles. The normalized spacial score (nSPS) is 24.2. The monoisotopic (exact) mass is 270 g/mol. The first kappa shape index (κ1) is 13.7. The van der Waals surface area contributed by atoms with E-state index in [4.69, 9.17) is 4.74 Å². The summed E-state index contributed by atoms with van der Waals surface area (Å²) in [6.07, 6.45) is 8.42. The van der Waals surface area contributed by atoms with Gasteiger partial charge in [-0.05, 0) is 81.3 Å². The first-order valence-corrected chi connectivity index (χ1v) is 7.81. The molecule has 2 heteroatoms.